The third-order valence-corrected chi connectivity index (χ3v) is 4.64. The molecule has 0 radical (unpaired) electrons. The van der Waals surface area contributed by atoms with Gasteiger partial charge in [-0.1, -0.05) is 43.2 Å². The zero-order valence-electron chi connectivity index (χ0n) is 14.3. The van der Waals surface area contributed by atoms with Gasteiger partial charge in [0.15, 0.2) is 0 Å². The van der Waals surface area contributed by atoms with Crippen LogP contribution in [0.25, 0.3) is 11.3 Å². The number of benzene rings is 1. The van der Waals surface area contributed by atoms with Gasteiger partial charge in [0.1, 0.15) is 0 Å². The van der Waals surface area contributed by atoms with Gasteiger partial charge in [0, 0.05) is 31.3 Å². The number of nitrogens with zero attached hydrogens (tertiary/aromatic N) is 2. The number of aliphatic hydroxyl groups excluding tert-OH is 1. The first-order chi connectivity index (χ1) is 11.8. The number of ether oxygens (including phenoxy) is 1. The van der Waals surface area contributed by atoms with E-state index in [0.717, 1.165) is 0 Å². The second kappa shape index (κ2) is 8.42. The average molecular weight is 329 g/mol. The van der Waals surface area contributed by atoms with Gasteiger partial charge in [-0.05, 0) is 12.8 Å². The van der Waals surface area contributed by atoms with E-state index < -0.39 is 6.10 Å². The fraction of sp³-hybridized carbons (Fsp3) is 0.526. The summed E-state index contributed by atoms with van der Waals surface area (Å²) in [5.41, 5.74) is 3.59. The van der Waals surface area contributed by atoms with Crippen molar-refractivity contribution >= 4 is 0 Å². The van der Waals surface area contributed by atoms with E-state index in [4.69, 9.17) is 9.84 Å². The molecule has 1 aliphatic carbocycles. The van der Waals surface area contributed by atoms with Crippen LogP contribution in [0.3, 0.4) is 0 Å². The Bertz CT molecular complexity index is 621. The van der Waals surface area contributed by atoms with Crippen molar-refractivity contribution in [1.29, 1.82) is 0 Å². The first kappa shape index (κ1) is 17.1. The summed E-state index contributed by atoms with van der Waals surface area (Å²) in [6.45, 7) is 1.55. The monoisotopic (exact) mass is 329 g/mol. The van der Waals surface area contributed by atoms with Crippen molar-refractivity contribution in [1.82, 2.24) is 15.1 Å². The minimum absolute atomic E-state index is 0.347. The van der Waals surface area contributed by atoms with Gasteiger partial charge in [-0.25, -0.2) is 0 Å². The molecule has 0 aliphatic heterocycles. The van der Waals surface area contributed by atoms with E-state index in [9.17, 15) is 5.11 Å². The Balaban J connectivity index is 1.78. The van der Waals surface area contributed by atoms with Crippen LogP contribution in [0, 0.1) is 0 Å². The van der Waals surface area contributed by atoms with Crippen molar-refractivity contribution in [3.63, 3.8) is 0 Å². The van der Waals surface area contributed by atoms with Crippen LogP contribution in [0.4, 0.5) is 0 Å². The summed E-state index contributed by atoms with van der Waals surface area (Å²) in [7, 11) is 1.60. The molecule has 5 heteroatoms. The van der Waals surface area contributed by atoms with Crippen molar-refractivity contribution < 1.29 is 9.84 Å². The summed E-state index contributed by atoms with van der Waals surface area (Å²) in [5.74, 6) is 0. The van der Waals surface area contributed by atoms with Gasteiger partial charge in [-0.2, -0.15) is 5.10 Å². The lowest BCUT2D eigenvalue weighted by atomic mass is 10.1. The highest BCUT2D eigenvalue weighted by Gasteiger charge is 2.22. The highest BCUT2D eigenvalue weighted by atomic mass is 16.5. The Hall–Kier alpha value is -1.69. The third kappa shape index (κ3) is 4.04. The number of hydrogen-bond donors (Lipinski definition) is 2. The molecule has 0 spiro atoms. The topological polar surface area (TPSA) is 59.3 Å². The average Bonchev–Trinajstić information content (AvgIpc) is 3.25. The minimum atomic E-state index is -0.486. The van der Waals surface area contributed by atoms with E-state index in [-0.39, 0.29) is 0 Å². The molecule has 2 aromatic rings. The van der Waals surface area contributed by atoms with Crippen LogP contribution < -0.4 is 5.32 Å². The number of methoxy groups -OCH3 is 1. The molecule has 0 bridgehead atoms. The fourth-order valence-electron chi connectivity index (χ4n) is 3.49. The van der Waals surface area contributed by atoms with E-state index in [0.29, 0.717) is 25.7 Å². The van der Waals surface area contributed by atoms with Gasteiger partial charge >= 0.3 is 0 Å². The maximum Gasteiger partial charge on any atom is 0.0897 e. The summed E-state index contributed by atoms with van der Waals surface area (Å²) < 4.78 is 7.18. The van der Waals surface area contributed by atoms with Gasteiger partial charge in [-0.3, -0.25) is 4.68 Å². The molecule has 5 nitrogen and oxygen atoms in total. The lowest BCUT2D eigenvalue weighted by Gasteiger charge is -2.16. The molecule has 1 fully saturated rings. The van der Waals surface area contributed by atoms with Gasteiger partial charge in [0.2, 0.25) is 0 Å². The third-order valence-electron chi connectivity index (χ3n) is 4.64. The van der Waals surface area contributed by atoms with E-state index >= 15 is 0 Å². The Morgan fingerprint density at radius 3 is 2.75 bits per heavy atom. The lowest BCUT2D eigenvalue weighted by molar-refractivity contribution is 0.0644. The first-order valence-electron chi connectivity index (χ1n) is 8.79. The highest BCUT2D eigenvalue weighted by Crippen LogP contribution is 2.34. The molecule has 1 aromatic carbocycles. The fourth-order valence-corrected chi connectivity index (χ4v) is 3.49. The van der Waals surface area contributed by atoms with E-state index in [1.54, 1.807) is 7.11 Å². The van der Waals surface area contributed by atoms with Crippen molar-refractivity contribution in [3.05, 3.63) is 42.1 Å². The summed E-state index contributed by atoms with van der Waals surface area (Å²) in [6, 6.07) is 11.0. The second-order valence-corrected chi connectivity index (χ2v) is 6.51. The van der Waals surface area contributed by atoms with Gasteiger partial charge < -0.3 is 15.2 Å². The Kier molecular flexibility index (Phi) is 6.01. The lowest BCUT2D eigenvalue weighted by Crippen LogP contribution is -2.29. The van der Waals surface area contributed by atoms with Crippen LogP contribution in [-0.2, 0) is 11.3 Å². The smallest absolute Gasteiger partial charge is 0.0897 e. The molecule has 1 aromatic heterocycles. The van der Waals surface area contributed by atoms with Crippen LogP contribution in [-0.4, -0.2) is 41.3 Å². The molecule has 0 unspecified atom stereocenters. The number of rotatable bonds is 8. The predicted molar refractivity (Wildman–Crippen MR) is 94.8 cm³/mol. The summed E-state index contributed by atoms with van der Waals surface area (Å²) in [4.78, 5) is 0. The quantitative estimate of drug-likeness (QED) is 0.782. The van der Waals surface area contributed by atoms with Crippen LogP contribution >= 0.6 is 0 Å². The van der Waals surface area contributed by atoms with E-state index in [1.807, 2.05) is 12.3 Å². The molecule has 130 valence electrons. The zero-order valence-corrected chi connectivity index (χ0v) is 14.3. The van der Waals surface area contributed by atoms with Gasteiger partial charge in [-0.15, -0.1) is 0 Å². The van der Waals surface area contributed by atoms with Crippen molar-refractivity contribution in [3.8, 4) is 11.3 Å². The molecule has 0 amide bonds. The SMILES string of the molecule is COC[C@H](O)CNCc1cnn(C2CCCC2)c1-c1ccccc1. The Labute approximate surface area is 143 Å². The molecular formula is C19H27N3O2. The molecule has 1 atom stereocenters. The molecule has 2 N–H and O–H groups in total. The van der Waals surface area contributed by atoms with Crippen LogP contribution in [0.15, 0.2) is 36.5 Å². The van der Waals surface area contributed by atoms with Crippen molar-refractivity contribution in [2.45, 2.75) is 44.4 Å². The number of aromatic nitrogens is 2. The largest absolute Gasteiger partial charge is 0.389 e. The molecule has 1 saturated carbocycles. The van der Waals surface area contributed by atoms with E-state index in [2.05, 4.69) is 34.3 Å². The highest BCUT2D eigenvalue weighted by molar-refractivity contribution is 5.63. The van der Waals surface area contributed by atoms with Gasteiger partial charge in [0.25, 0.3) is 0 Å². The molecule has 0 saturated heterocycles. The Morgan fingerprint density at radius 2 is 2.04 bits per heavy atom. The normalized spacial score (nSPS) is 16.6. The maximum absolute atomic E-state index is 9.78. The molecule has 24 heavy (non-hydrogen) atoms. The molecule has 1 heterocycles. The maximum atomic E-state index is 9.78. The standard InChI is InChI=1S/C19H27N3O2/c1-24-14-18(23)13-20-11-16-12-21-22(17-9-5-6-10-17)19(16)15-7-3-2-4-8-15/h2-4,7-8,12,17-18,20,23H,5-6,9-11,13-14H2,1H3/t18-/m1/s1. The second-order valence-electron chi connectivity index (χ2n) is 6.51. The number of nitrogens with one attached hydrogen (secondary N) is 1. The number of aliphatic hydroxyl groups is 1. The molecule has 1 aliphatic rings. The summed E-state index contributed by atoms with van der Waals surface area (Å²) >= 11 is 0. The molecule has 3 rings (SSSR count). The number of hydrogen-bond acceptors (Lipinski definition) is 4. The van der Waals surface area contributed by atoms with Gasteiger partial charge in [0.05, 0.1) is 30.6 Å². The van der Waals surface area contributed by atoms with E-state index in [1.165, 1.54) is 42.5 Å². The summed E-state index contributed by atoms with van der Waals surface area (Å²) in [6.07, 6.45) is 6.48. The predicted octanol–water partition coefficient (Wildman–Crippen LogP) is 2.76. The minimum Gasteiger partial charge on any atom is -0.389 e. The van der Waals surface area contributed by atoms with Crippen molar-refractivity contribution in [2.24, 2.45) is 0 Å². The first-order valence-corrected chi connectivity index (χ1v) is 8.79. The molecular weight excluding hydrogens is 302 g/mol. The van der Waals surface area contributed by atoms with Crippen LogP contribution in [0.5, 0.6) is 0 Å². The zero-order chi connectivity index (χ0) is 16.8. The van der Waals surface area contributed by atoms with Crippen LogP contribution in [0.2, 0.25) is 0 Å². The van der Waals surface area contributed by atoms with Crippen LogP contribution in [0.1, 0.15) is 37.3 Å². The van der Waals surface area contributed by atoms with Crippen molar-refractivity contribution in [2.75, 3.05) is 20.3 Å². The Morgan fingerprint density at radius 1 is 1.29 bits per heavy atom. The summed E-state index contributed by atoms with van der Waals surface area (Å²) in [5, 5.41) is 17.8.